The van der Waals surface area contributed by atoms with Crippen molar-refractivity contribution in [3.63, 3.8) is 0 Å². The number of carbonyl (C=O) groups is 2. The molecule has 2 rings (SSSR count). The van der Waals surface area contributed by atoms with Crippen molar-refractivity contribution in [2.24, 2.45) is 5.92 Å². The summed E-state index contributed by atoms with van der Waals surface area (Å²) in [5, 5.41) is 3.26. The molecule has 0 saturated carbocycles. The highest BCUT2D eigenvalue weighted by atomic mass is 35.5. The summed E-state index contributed by atoms with van der Waals surface area (Å²) in [6.07, 6.45) is 0.0281. The van der Waals surface area contributed by atoms with Crippen LogP contribution in [0.5, 0.6) is 0 Å². The number of halogens is 2. The Bertz CT molecular complexity index is 700. The minimum absolute atomic E-state index is 0.0170. The van der Waals surface area contributed by atoms with Gasteiger partial charge in [-0.1, -0.05) is 43.1 Å². The van der Waals surface area contributed by atoms with Gasteiger partial charge >= 0.3 is 12.1 Å². The lowest BCUT2D eigenvalue weighted by atomic mass is 9.97. The SMILES string of the molecule is CC(C)C[C@@]1(C(=O)OCc2c(Cl)cccc2Cl)SC1NC(=O)OC(C)(C)C. The van der Waals surface area contributed by atoms with Gasteiger partial charge in [-0.2, -0.15) is 0 Å². The second kappa shape index (κ2) is 8.50. The van der Waals surface area contributed by atoms with Crippen molar-refractivity contribution in [2.45, 2.75) is 63.4 Å². The summed E-state index contributed by atoms with van der Waals surface area (Å²) >= 11 is 13.6. The van der Waals surface area contributed by atoms with Crippen LogP contribution in [-0.2, 0) is 20.9 Å². The molecule has 5 nitrogen and oxygen atoms in total. The molecule has 1 fully saturated rings. The van der Waals surface area contributed by atoms with Crippen LogP contribution in [0.2, 0.25) is 10.0 Å². The molecule has 2 atom stereocenters. The third kappa shape index (κ3) is 5.93. The largest absolute Gasteiger partial charge is 0.460 e. The van der Waals surface area contributed by atoms with E-state index in [-0.39, 0.29) is 17.9 Å². The van der Waals surface area contributed by atoms with Crippen molar-refractivity contribution < 1.29 is 19.1 Å². The molecule has 1 aromatic carbocycles. The number of esters is 1. The normalized spacial score (nSPS) is 21.7. The topological polar surface area (TPSA) is 64.6 Å². The zero-order valence-electron chi connectivity index (χ0n) is 16.1. The monoisotopic (exact) mass is 433 g/mol. The molecule has 0 spiro atoms. The van der Waals surface area contributed by atoms with Crippen LogP contribution in [0.15, 0.2) is 18.2 Å². The lowest BCUT2D eigenvalue weighted by molar-refractivity contribution is -0.147. The Morgan fingerprint density at radius 2 is 1.85 bits per heavy atom. The van der Waals surface area contributed by atoms with Gasteiger partial charge in [0, 0.05) is 15.6 Å². The Labute approximate surface area is 174 Å². The molecule has 150 valence electrons. The molecule has 0 aromatic heterocycles. The number of amides is 1. The van der Waals surface area contributed by atoms with E-state index < -0.39 is 22.4 Å². The van der Waals surface area contributed by atoms with Crippen LogP contribution in [0.3, 0.4) is 0 Å². The Balaban J connectivity index is 2.04. The molecule has 1 heterocycles. The Morgan fingerprint density at radius 3 is 2.37 bits per heavy atom. The lowest BCUT2D eigenvalue weighted by Gasteiger charge is -2.21. The predicted octanol–water partition coefficient (Wildman–Crippen LogP) is 5.42. The molecule has 1 aromatic rings. The molecule has 1 unspecified atom stereocenters. The van der Waals surface area contributed by atoms with E-state index in [9.17, 15) is 9.59 Å². The summed E-state index contributed by atoms with van der Waals surface area (Å²) in [5.41, 5.74) is -0.0396. The van der Waals surface area contributed by atoms with Gasteiger partial charge in [0.2, 0.25) is 0 Å². The second-order valence-corrected chi connectivity index (χ2v) is 10.2. The number of carbonyl (C=O) groups excluding carboxylic acids is 2. The standard InChI is InChI=1S/C19H25Cl2NO4S/c1-11(2)9-19(15(27-19)22-17(24)26-18(3,4)5)16(23)25-10-12-13(20)7-6-8-14(12)21/h6-8,11,15H,9-10H2,1-5H3,(H,22,24)/t15?,19-/m1/s1. The molecule has 1 amide bonds. The van der Waals surface area contributed by atoms with Gasteiger partial charge in [0.05, 0.1) is 0 Å². The van der Waals surface area contributed by atoms with Gasteiger partial charge < -0.3 is 14.8 Å². The molecule has 0 radical (unpaired) electrons. The van der Waals surface area contributed by atoms with Crippen molar-refractivity contribution >= 4 is 47.0 Å². The van der Waals surface area contributed by atoms with E-state index >= 15 is 0 Å². The van der Waals surface area contributed by atoms with E-state index in [2.05, 4.69) is 5.32 Å². The summed E-state index contributed by atoms with van der Waals surface area (Å²) in [4.78, 5) is 24.9. The van der Waals surface area contributed by atoms with Crippen molar-refractivity contribution in [3.05, 3.63) is 33.8 Å². The molecule has 0 bridgehead atoms. The Kier molecular flexibility index (Phi) is 6.98. The Morgan fingerprint density at radius 1 is 1.26 bits per heavy atom. The summed E-state index contributed by atoms with van der Waals surface area (Å²) in [7, 11) is 0. The van der Waals surface area contributed by atoms with E-state index in [1.165, 1.54) is 11.8 Å². The molecule has 0 aliphatic carbocycles. The quantitative estimate of drug-likeness (QED) is 0.479. The zero-order valence-corrected chi connectivity index (χ0v) is 18.4. The van der Waals surface area contributed by atoms with Gasteiger partial charge in [0.1, 0.15) is 22.3 Å². The minimum atomic E-state index is -0.821. The van der Waals surface area contributed by atoms with Gasteiger partial charge in [-0.3, -0.25) is 4.79 Å². The van der Waals surface area contributed by atoms with E-state index in [1.807, 2.05) is 13.8 Å². The number of thioether (sulfide) groups is 1. The van der Waals surface area contributed by atoms with Gasteiger partial charge in [0.15, 0.2) is 0 Å². The fourth-order valence-corrected chi connectivity index (χ4v) is 4.52. The summed E-state index contributed by atoms with van der Waals surface area (Å²) in [6, 6.07) is 5.12. The van der Waals surface area contributed by atoms with Gasteiger partial charge in [0.25, 0.3) is 0 Å². The maximum atomic E-state index is 12.8. The van der Waals surface area contributed by atoms with Crippen molar-refractivity contribution in [2.75, 3.05) is 0 Å². The first-order chi connectivity index (χ1) is 12.4. The maximum absolute atomic E-state index is 12.8. The highest BCUT2D eigenvalue weighted by Gasteiger charge is 2.64. The second-order valence-electron chi connectivity index (χ2n) is 7.91. The van der Waals surface area contributed by atoms with Gasteiger partial charge in [-0.05, 0) is 45.2 Å². The fraction of sp³-hybridized carbons (Fsp3) is 0.579. The Hall–Kier alpha value is -1.11. The third-order valence-corrected chi connectivity index (χ3v) is 6.01. The third-order valence-electron chi connectivity index (χ3n) is 3.81. The van der Waals surface area contributed by atoms with Crippen LogP contribution in [0, 0.1) is 5.92 Å². The number of ether oxygens (including phenoxy) is 2. The summed E-state index contributed by atoms with van der Waals surface area (Å²) < 4.78 is 9.97. The first-order valence-corrected chi connectivity index (χ1v) is 10.4. The van der Waals surface area contributed by atoms with Crippen LogP contribution in [-0.4, -0.2) is 27.8 Å². The molecule has 27 heavy (non-hydrogen) atoms. The summed E-state index contributed by atoms with van der Waals surface area (Å²) in [6.45, 7) is 9.38. The first kappa shape index (κ1) is 22.2. The smallest absolute Gasteiger partial charge is 0.408 e. The van der Waals surface area contributed by atoms with Crippen molar-refractivity contribution in [3.8, 4) is 0 Å². The average molecular weight is 434 g/mol. The van der Waals surface area contributed by atoms with Crippen molar-refractivity contribution in [1.82, 2.24) is 5.32 Å². The minimum Gasteiger partial charge on any atom is -0.460 e. The van der Waals surface area contributed by atoms with Crippen LogP contribution < -0.4 is 5.32 Å². The number of rotatable bonds is 6. The molecule has 8 heteroatoms. The number of hydrogen-bond donors (Lipinski definition) is 1. The molecule has 1 N–H and O–H groups in total. The van der Waals surface area contributed by atoms with Gasteiger partial charge in [-0.15, -0.1) is 11.8 Å². The highest BCUT2D eigenvalue weighted by molar-refractivity contribution is 8.09. The van der Waals surface area contributed by atoms with Gasteiger partial charge in [-0.25, -0.2) is 4.79 Å². The lowest BCUT2D eigenvalue weighted by Crippen LogP contribution is -2.41. The van der Waals surface area contributed by atoms with Crippen LogP contribution in [0.4, 0.5) is 4.79 Å². The number of alkyl carbamates (subject to hydrolysis) is 1. The van der Waals surface area contributed by atoms with E-state index in [0.29, 0.717) is 22.0 Å². The van der Waals surface area contributed by atoms with E-state index in [4.69, 9.17) is 32.7 Å². The molecule has 1 aliphatic rings. The van der Waals surface area contributed by atoms with Crippen LogP contribution in [0.25, 0.3) is 0 Å². The molecule has 1 saturated heterocycles. The molecular weight excluding hydrogens is 409 g/mol. The highest BCUT2D eigenvalue weighted by Crippen LogP contribution is 2.56. The fourth-order valence-electron chi connectivity index (χ4n) is 2.67. The average Bonchev–Trinajstić information content (AvgIpc) is 3.16. The number of hydrogen-bond acceptors (Lipinski definition) is 5. The predicted molar refractivity (Wildman–Crippen MR) is 109 cm³/mol. The zero-order chi connectivity index (χ0) is 20.4. The summed E-state index contributed by atoms with van der Waals surface area (Å²) in [5.74, 6) is -0.141. The first-order valence-electron chi connectivity index (χ1n) is 8.72. The number of benzene rings is 1. The number of nitrogens with one attached hydrogen (secondary N) is 1. The van der Waals surface area contributed by atoms with Crippen molar-refractivity contribution in [1.29, 1.82) is 0 Å². The van der Waals surface area contributed by atoms with Crippen LogP contribution in [0.1, 0.15) is 46.6 Å². The molecular formula is C19H25Cl2NO4S. The van der Waals surface area contributed by atoms with Crippen LogP contribution >= 0.6 is 35.0 Å². The van der Waals surface area contributed by atoms with E-state index in [0.717, 1.165) is 0 Å². The van der Waals surface area contributed by atoms with E-state index in [1.54, 1.807) is 39.0 Å². The molecule has 1 aliphatic heterocycles. The maximum Gasteiger partial charge on any atom is 0.408 e.